The van der Waals surface area contributed by atoms with Crippen LogP contribution in [0.4, 0.5) is 5.69 Å². The first-order chi connectivity index (χ1) is 10.6. The van der Waals surface area contributed by atoms with Crippen molar-refractivity contribution >= 4 is 23.2 Å². The molecule has 7 heteroatoms. The summed E-state index contributed by atoms with van der Waals surface area (Å²) in [5, 5.41) is 3.27. The van der Waals surface area contributed by atoms with Gasteiger partial charge >= 0.3 is 0 Å². The lowest BCUT2D eigenvalue weighted by Crippen LogP contribution is -2.41. The second kappa shape index (κ2) is 8.33. The molecule has 6 nitrogen and oxygen atoms in total. The van der Waals surface area contributed by atoms with E-state index in [9.17, 15) is 4.79 Å². The number of halogens is 1. The van der Waals surface area contributed by atoms with Gasteiger partial charge in [-0.15, -0.1) is 0 Å². The highest BCUT2D eigenvalue weighted by atomic mass is 35.5. The number of rotatable bonds is 6. The summed E-state index contributed by atoms with van der Waals surface area (Å²) in [5.74, 6) is 0.465. The van der Waals surface area contributed by atoms with Crippen molar-refractivity contribution in [2.75, 3.05) is 52.4 Å². The first-order valence-corrected chi connectivity index (χ1v) is 7.47. The molecule has 1 aliphatic rings. The van der Waals surface area contributed by atoms with Crippen molar-refractivity contribution < 1.29 is 19.0 Å². The van der Waals surface area contributed by atoms with Crippen LogP contribution in [0.3, 0.4) is 0 Å². The van der Waals surface area contributed by atoms with E-state index in [-0.39, 0.29) is 18.6 Å². The summed E-state index contributed by atoms with van der Waals surface area (Å²) in [4.78, 5) is 13.9. The minimum absolute atomic E-state index is 0.0157. The molecule has 22 heavy (non-hydrogen) atoms. The second-order valence-electron chi connectivity index (χ2n) is 5.16. The van der Waals surface area contributed by atoms with E-state index in [1.54, 1.807) is 25.3 Å². The fourth-order valence-corrected chi connectivity index (χ4v) is 2.50. The van der Waals surface area contributed by atoms with E-state index in [1.165, 1.54) is 0 Å². The minimum atomic E-state index is -0.111. The molecule has 1 heterocycles. The highest BCUT2D eigenvalue weighted by Gasteiger charge is 2.17. The zero-order chi connectivity index (χ0) is 15.9. The minimum Gasteiger partial charge on any atom is -0.495 e. The fraction of sp³-hybridized carbons (Fsp3) is 0.533. The van der Waals surface area contributed by atoms with E-state index in [0.29, 0.717) is 42.8 Å². The molecule has 0 saturated carbocycles. The van der Waals surface area contributed by atoms with Gasteiger partial charge in [0.15, 0.2) is 0 Å². The van der Waals surface area contributed by atoms with Gasteiger partial charge in [-0.3, -0.25) is 9.69 Å². The quantitative estimate of drug-likeness (QED) is 0.860. The van der Waals surface area contributed by atoms with E-state index < -0.39 is 0 Å². The predicted octanol–water partition coefficient (Wildman–Crippen LogP) is 1.63. The zero-order valence-corrected chi connectivity index (χ0v) is 13.6. The van der Waals surface area contributed by atoms with E-state index in [4.69, 9.17) is 25.8 Å². The Morgan fingerprint density at radius 1 is 1.50 bits per heavy atom. The number of methoxy groups -OCH3 is 1. The number of nitrogens with one attached hydrogen (secondary N) is 1. The van der Waals surface area contributed by atoms with Crippen LogP contribution in [0.5, 0.6) is 5.75 Å². The number of nitrogens with zero attached hydrogens (tertiary/aromatic N) is 1. The van der Waals surface area contributed by atoms with Gasteiger partial charge in [0.05, 0.1) is 44.6 Å². The van der Waals surface area contributed by atoms with Crippen LogP contribution in [0.25, 0.3) is 0 Å². The van der Waals surface area contributed by atoms with Crippen LogP contribution in [0.1, 0.15) is 0 Å². The fourth-order valence-electron chi connectivity index (χ4n) is 2.24. The third kappa shape index (κ3) is 5.14. The molecule has 1 fully saturated rings. The van der Waals surface area contributed by atoms with Gasteiger partial charge in [-0.05, 0) is 25.2 Å². The number of carbonyl (C=O) groups excluding carboxylic acids is 1. The Bertz CT molecular complexity index is 506. The molecule has 1 N–H and O–H groups in total. The van der Waals surface area contributed by atoms with Crippen molar-refractivity contribution in [1.29, 1.82) is 0 Å². The van der Waals surface area contributed by atoms with Gasteiger partial charge in [0.25, 0.3) is 0 Å². The van der Waals surface area contributed by atoms with Gasteiger partial charge in [-0.25, -0.2) is 0 Å². The summed E-state index contributed by atoms with van der Waals surface area (Å²) in [6.07, 6.45) is 0.0157. The molecular weight excluding hydrogens is 308 g/mol. The Hall–Kier alpha value is -1.34. The molecule has 0 aliphatic carbocycles. The van der Waals surface area contributed by atoms with Crippen molar-refractivity contribution in [2.24, 2.45) is 0 Å². The number of ether oxygens (including phenoxy) is 3. The van der Waals surface area contributed by atoms with Gasteiger partial charge in [-0.2, -0.15) is 0 Å². The summed E-state index contributed by atoms with van der Waals surface area (Å²) >= 11 is 6.03. The average molecular weight is 329 g/mol. The maximum atomic E-state index is 12.0. The molecular formula is C15H21ClN2O4. The monoisotopic (exact) mass is 328 g/mol. The molecule has 1 aromatic carbocycles. The maximum Gasteiger partial charge on any atom is 0.238 e. The summed E-state index contributed by atoms with van der Waals surface area (Å²) in [7, 11) is 3.42. The lowest BCUT2D eigenvalue weighted by atomic mass is 10.3. The molecule has 1 saturated heterocycles. The maximum absolute atomic E-state index is 12.0. The van der Waals surface area contributed by atoms with E-state index in [0.717, 1.165) is 0 Å². The SMILES string of the molecule is COc1ccc(NC(=O)CN(C)CC2COCCO2)cc1Cl. The van der Waals surface area contributed by atoms with E-state index in [2.05, 4.69) is 5.32 Å². The van der Waals surface area contributed by atoms with Crippen LogP contribution in [0.2, 0.25) is 5.02 Å². The Labute approximate surface area is 135 Å². The Morgan fingerprint density at radius 3 is 2.95 bits per heavy atom. The van der Waals surface area contributed by atoms with Crippen LogP contribution in [-0.2, 0) is 14.3 Å². The Balaban J connectivity index is 1.80. The second-order valence-corrected chi connectivity index (χ2v) is 5.57. The van der Waals surface area contributed by atoms with Crippen LogP contribution in [0.15, 0.2) is 18.2 Å². The van der Waals surface area contributed by atoms with Crippen molar-refractivity contribution in [3.05, 3.63) is 23.2 Å². The summed E-state index contributed by atoms with van der Waals surface area (Å²) < 4.78 is 16.0. The van der Waals surface area contributed by atoms with E-state index in [1.807, 2.05) is 11.9 Å². The van der Waals surface area contributed by atoms with Crippen LogP contribution >= 0.6 is 11.6 Å². The lowest BCUT2D eigenvalue weighted by Gasteiger charge is -2.27. The highest BCUT2D eigenvalue weighted by molar-refractivity contribution is 6.32. The van der Waals surface area contributed by atoms with Crippen LogP contribution in [0, 0.1) is 0 Å². The van der Waals surface area contributed by atoms with E-state index >= 15 is 0 Å². The van der Waals surface area contributed by atoms with Crippen molar-refractivity contribution in [3.63, 3.8) is 0 Å². The Morgan fingerprint density at radius 2 is 2.32 bits per heavy atom. The highest BCUT2D eigenvalue weighted by Crippen LogP contribution is 2.27. The van der Waals surface area contributed by atoms with Gasteiger partial charge in [0.1, 0.15) is 5.75 Å². The zero-order valence-electron chi connectivity index (χ0n) is 12.8. The first-order valence-electron chi connectivity index (χ1n) is 7.09. The molecule has 0 aromatic heterocycles. The number of hydrogen-bond donors (Lipinski definition) is 1. The number of amides is 1. The molecule has 0 bridgehead atoms. The molecule has 1 atom stereocenters. The number of carbonyl (C=O) groups is 1. The predicted molar refractivity (Wildman–Crippen MR) is 84.7 cm³/mol. The summed E-state index contributed by atoms with van der Waals surface area (Å²) in [6.45, 7) is 2.73. The summed E-state index contributed by atoms with van der Waals surface area (Å²) in [5.41, 5.74) is 0.640. The molecule has 0 spiro atoms. The van der Waals surface area contributed by atoms with Gasteiger partial charge in [0.2, 0.25) is 5.91 Å². The topological polar surface area (TPSA) is 60.0 Å². The third-order valence-electron chi connectivity index (χ3n) is 3.25. The summed E-state index contributed by atoms with van der Waals surface area (Å²) in [6, 6.07) is 5.13. The number of hydrogen-bond acceptors (Lipinski definition) is 5. The molecule has 122 valence electrons. The largest absolute Gasteiger partial charge is 0.495 e. The third-order valence-corrected chi connectivity index (χ3v) is 3.54. The standard InChI is InChI=1S/C15H21ClN2O4/c1-18(8-12-10-21-5-6-22-12)9-15(19)17-11-3-4-14(20-2)13(16)7-11/h3-4,7,12H,5-6,8-10H2,1-2H3,(H,17,19). The lowest BCUT2D eigenvalue weighted by molar-refractivity contribution is -0.119. The van der Waals surface area contributed by atoms with Gasteiger partial charge < -0.3 is 19.5 Å². The molecule has 0 radical (unpaired) electrons. The molecule has 1 aromatic rings. The normalized spacial score (nSPS) is 18.3. The van der Waals surface area contributed by atoms with Crippen LogP contribution in [-0.4, -0.2) is 64.0 Å². The van der Waals surface area contributed by atoms with Crippen molar-refractivity contribution in [3.8, 4) is 5.75 Å². The molecule has 1 amide bonds. The molecule has 1 aliphatic heterocycles. The Kier molecular flexibility index (Phi) is 6.45. The number of likely N-dealkylation sites (N-methyl/N-ethyl adjacent to an activating group) is 1. The average Bonchev–Trinajstić information content (AvgIpc) is 2.48. The van der Waals surface area contributed by atoms with Gasteiger partial charge in [0, 0.05) is 12.2 Å². The molecule has 1 unspecified atom stereocenters. The van der Waals surface area contributed by atoms with Gasteiger partial charge in [-0.1, -0.05) is 11.6 Å². The van der Waals surface area contributed by atoms with Crippen LogP contribution < -0.4 is 10.1 Å². The first kappa shape index (κ1) is 17.0. The smallest absolute Gasteiger partial charge is 0.238 e. The van der Waals surface area contributed by atoms with Crippen molar-refractivity contribution in [1.82, 2.24) is 4.90 Å². The molecule has 2 rings (SSSR count). The number of anilines is 1. The number of benzene rings is 1. The van der Waals surface area contributed by atoms with Crippen molar-refractivity contribution in [2.45, 2.75) is 6.10 Å².